The predicted octanol–water partition coefficient (Wildman–Crippen LogP) is 0.536. The number of aliphatic hydroxyl groups is 3. The van der Waals surface area contributed by atoms with Gasteiger partial charge in [0.1, 0.15) is 29.1 Å². The molecule has 0 unspecified atom stereocenters. The molecule has 2 fully saturated rings. The molecule has 1 aromatic carbocycles. The Morgan fingerprint density at radius 1 is 1.29 bits per heavy atom. The average molecular weight is 576 g/mol. The standard InChI is InChI=1S/C27H31F2N5O7/c1-33(2)20-13-6-10-5-12-14(29)7-15(32-16(35)9-34-4-3-11(28)8-34)21(36)18(12)22(37)17(10)25(39)27(13,41)24(30)19(23(20)38)26(31)40/h7,10-11,13,20,30,36-38,41H,3-6,8-9H2,1-2H3,(H2,31,40)(H,32,35)/t10-,11+,13-,20-,27+/m0/s1. The number of likely N-dealkylation sites (N-methyl/N-ethyl adjacent to an activating group) is 1. The number of alkyl halides is 1. The van der Waals surface area contributed by atoms with E-state index in [1.807, 2.05) is 0 Å². The van der Waals surface area contributed by atoms with E-state index in [9.17, 15) is 39.2 Å². The molecule has 1 aliphatic heterocycles. The van der Waals surface area contributed by atoms with Crippen molar-refractivity contribution in [3.8, 4) is 5.75 Å². The fraction of sp³-hybridized carbons (Fsp3) is 0.481. The number of aromatic hydroxyl groups is 1. The summed E-state index contributed by atoms with van der Waals surface area (Å²) in [6, 6.07) is -0.218. The minimum atomic E-state index is -2.67. The van der Waals surface area contributed by atoms with Crippen LogP contribution >= 0.6 is 0 Å². The number of phenolic OH excluding ortho intramolecular Hbond substituents is 1. The topological polar surface area (TPSA) is 201 Å². The van der Waals surface area contributed by atoms with E-state index in [0.29, 0.717) is 6.54 Å². The molecule has 0 aromatic heterocycles. The van der Waals surface area contributed by atoms with Gasteiger partial charge in [-0.2, -0.15) is 0 Å². The third-order valence-electron chi connectivity index (χ3n) is 8.58. The van der Waals surface area contributed by atoms with Crippen LogP contribution in [-0.2, 0) is 20.8 Å². The molecule has 2 amide bonds. The minimum Gasteiger partial charge on any atom is -0.510 e. The number of ketones is 1. The molecular formula is C27H31F2N5O7. The molecule has 1 heterocycles. The number of nitrogens with one attached hydrogen (secondary N) is 2. The zero-order valence-corrected chi connectivity index (χ0v) is 22.4. The number of phenols is 1. The SMILES string of the molecule is CN(C)[C@@H]1C(O)=C(C(N)=O)C(=N)[C@@]2(O)C(=O)C3=C(O)c4c(O)c(NC(=O)CN5CC[C@@H](F)C5)cc(F)c4C[C@H]3C[C@@H]12. The van der Waals surface area contributed by atoms with Gasteiger partial charge in [0.15, 0.2) is 11.4 Å². The van der Waals surface area contributed by atoms with Gasteiger partial charge in [-0.3, -0.25) is 24.2 Å². The van der Waals surface area contributed by atoms with E-state index in [-0.39, 0.29) is 49.2 Å². The zero-order valence-electron chi connectivity index (χ0n) is 22.4. The Morgan fingerprint density at radius 2 is 1.98 bits per heavy atom. The number of likely N-dealkylation sites (tertiary alicyclic amines) is 1. The van der Waals surface area contributed by atoms with Gasteiger partial charge in [-0.15, -0.1) is 0 Å². The zero-order chi connectivity index (χ0) is 30.1. The highest BCUT2D eigenvalue weighted by atomic mass is 19.1. The highest BCUT2D eigenvalue weighted by molar-refractivity contribution is 6.34. The minimum absolute atomic E-state index is 0.0619. The van der Waals surface area contributed by atoms with E-state index in [2.05, 4.69) is 5.32 Å². The summed E-state index contributed by atoms with van der Waals surface area (Å²) in [6.07, 6.45) is -1.08. The fourth-order valence-corrected chi connectivity index (χ4v) is 6.74. The van der Waals surface area contributed by atoms with Crippen LogP contribution in [-0.4, -0.2) is 105 Å². The molecule has 8 N–H and O–H groups in total. The lowest BCUT2D eigenvalue weighted by atomic mass is 9.57. The van der Waals surface area contributed by atoms with Crippen molar-refractivity contribution in [1.82, 2.24) is 9.80 Å². The highest BCUT2D eigenvalue weighted by Gasteiger charge is 2.63. The molecule has 5 rings (SSSR count). The van der Waals surface area contributed by atoms with Crippen LogP contribution in [0.15, 0.2) is 23.0 Å². The molecule has 220 valence electrons. The van der Waals surface area contributed by atoms with Gasteiger partial charge < -0.3 is 36.9 Å². The van der Waals surface area contributed by atoms with Crippen LogP contribution in [0.2, 0.25) is 0 Å². The maximum Gasteiger partial charge on any atom is 0.254 e. The van der Waals surface area contributed by atoms with E-state index in [1.165, 1.54) is 19.0 Å². The number of carbonyl (C=O) groups is 3. The van der Waals surface area contributed by atoms with E-state index < -0.39 is 87.2 Å². The predicted molar refractivity (Wildman–Crippen MR) is 142 cm³/mol. The number of hydrogen-bond acceptors (Lipinski definition) is 10. The number of carbonyl (C=O) groups excluding carboxylic acids is 3. The third-order valence-corrected chi connectivity index (χ3v) is 8.58. The second-order valence-electron chi connectivity index (χ2n) is 11.3. The molecular weight excluding hydrogens is 544 g/mol. The Kier molecular flexibility index (Phi) is 6.91. The maximum absolute atomic E-state index is 15.4. The summed E-state index contributed by atoms with van der Waals surface area (Å²) in [5, 5.41) is 55.7. The first-order valence-corrected chi connectivity index (χ1v) is 13.1. The number of benzene rings is 1. The molecule has 4 aliphatic rings. The number of hydrogen-bond donors (Lipinski definition) is 7. The first-order valence-electron chi connectivity index (χ1n) is 13.1. The molecule has 1 saturated carbocycles. The van der Waals surface area contributed by atoms with Crippen molar-refractivity contribution < 1.29 is 43.6 Å². The average Bonchev–Trinajstić information content (AvgIpc) is 3.28. The fourth-order valence-electron chi connectivity index (χ4n) is 6.74. The summed E-state index contributed by atoms with van der Waals surface area (Å²) in [4.78, 5) is 41.6. The lowest BCUT2D eigenvalue weighted by molar-refractivity contribution is -0.138. The van der Waals surface area contributed by atoms with Gasteiger partial charge in [0, 0.05) is 36.2 Å². The molecule has 1 saturated heterocycles. The Bertz CT molecular complexity index is 1460. The van der Waals surface area contributed by atoms with E-state index in [0.717, 1.165) is 6.07 Å². The lowest BCUT2D eigenvalue weighted by Crippen LogP contribution is -2.67. The first-order chi connectivity index (χ1) is 19.2. The molecule has 41 heavy (non-hydrogen) atoms. The van der Waals surface area contributed by atoms with Crippen molar-refractivity contribution in [2.75, 3.05) is 39.0 Å². The van der Waals surface area contributed by atoms with Crippen molar-refractivity contribution in [1.29, 1.82) is 5.41 Å². The van der Waals surface area contributed by atoms with Gasteiger partial charge in [0.05, 0.1) is 29.5 Å². The number of fused-ring (bicyclic) bond motifs is 3. The van der Waals surface area contributed by atoms with E-state index in [1.54, 1.807) is 4.90 Å². The number of Topliss-reactive ketones (excluding diaryl/α,β-unsaturated/α-hetero) is 1. The molecule has 12 nitrogen and oxygen atoms in total. The lowest BCUT2D eigenvalue weighted by Gasteiger charge is -2.51. The van der Waals surface area contributed by atoms with E-state index in [4.69, 9.17) is 11.1 Å². The smallest absolute Gasteiger partial charge is 0.254 e. The Hall–Kier alpha value is -3.88. The molecule has 5 atom stereocenters. The van der Waals surface area contributed by atoms with E-state index >= 15 is 4.39 Å². The molecule has 3 aliphatic carbocycles. The quantitative estimate of drug-likeness (QED) is 0.245. The van der Waals surface area contributed by atoms with Crippen LogP contribution in [0, 0.1) is 23.1 Å². The summed E-state index contributed by atoms with van der Waals surface area (Å²) >= 11 is 0. The number of nitrogens with zero attached hydrogens (tertiary/aromatic N) is 2. The van der Waals surface area contributed by atoms with Crippen molar-refractivity contribution in [2.24, 2.45) is 17.6 Å². The molecule has 14 heteroatoms. The summed E-state index contributed by atoms with van der Waals surface area (Å²) in [5.74, 6) is -8.08. The van der Waals surface area contributed by atoms with Crippen LogP contribution in [0.5, 0.6) is 5.75 Å². The van der Waals surface area contributed by atoms with Crippen LogP contribution < -0.4 is 11.1 Å². The molecule has 1 aromatic rings. The second kappa shape index (κ2) is 9.89. The van der Waals surface area contributed by atoms with Gasteiger partial charge in [-0.1, -0.05) is 0 Å². The van der Waals surface area contributed by atoms with Gasteiger partial charge in [-0.05, 0) is 39.3 Å². The summed E-state index contributed by atoms with van der Waals surface area (Å²) in [6.45, 7) is 0.207. The number of primary amides is 1. The van der Waals surface area contributed by atoms with Crippen molar-refractivity contribution in [2.45, 2.75) is 37.1 Å². The Morgan fingerprint density at radius 3 is 2.56 bits per heavy atom. The summed E-state index contributed by atoms with van der Waals surface area (Å²) < 4.78 is 28.9. The number of anilines is 1. The van der Waals surface area contributed by atoms with Crippen LogP contribution in [0.3, 0.4) is 0 Å². The van der Waals surface area contributed by atoms with Crippen LogP contribution in [0.25, 0.3) is 5.76 Å². The molecule has 0 spiro atoms. The number of rotatable bonds is 5. The summed E-state index contributed by atoms with van der Waals surface area (Å²) in [5.41, 5.74) is -0.281. The molecule has 0 bridgehead atoms. The molecule has 0 radical (unpaired) electrons. The normalized spacial score (nSPS) is 29.9. The maximum atomic E-state index is 15.4. The van der Waals surface area contributed by atoms with Crippen molar-refractivity contribution >= 4 is 34.8 Å². The third kappa shape index (κ3) is 4.28. The van der Waals surface area contributed by atoms with Crippen LogP contribution in [0.4, 0.5) is 14.5 Å². The first kappa shape index (κ1) is 28.6. The number of nitrogens with two attached hydrogens (primary N) is 1. The number of aliphatic hydroxyl groups excluding tert-OH is 2. The second-order valence-corrected chi connectivity index (χ2v) is 11.3. The Balaban J connectivity index is 1.56. The van der Waals surface area contributed by atoms with Gasteiger partial charge in [0.2, 0.25) is 11.7 Å². The van der Waals surface area contributed by atoms with Gasteiger partial charge in [-0.25, -0.2) is 8.78 Å². The van der Waals surface area contributed by atoms with Crippen LogP contribution in [0.1, 0.15) is 24.0 Å². The summed E-state index contributed by atoms with van der Waals surface area (Å²) in [7, 11) is 3.07. The highest BCUT2D eigenvalue weighted by Crippen LogP contribution is 2.53. The Labute approximate surface area is 233 Å². The van der Waals surface area contributed by atoms with Crippen molar-refractivity contribution in [3.63, 3.8) is 0 Å². The van der Waals surface area contributed by atoms with Gasteiger partial charge >= 0.3 is 0 Å². The number of halogens is 2. The largest absolute Gasteiger partial charge is 0.510 e. The van der Waals surface area contributed by atoms with Gasteiger partial charge in [0.25, 0.3) is 5.91 Å². The number of amides is 2. The van der Waals surface area contributed by atoms with Crippen molar-refractivity contribution in [3.05, 3.63) is 39.9 Å². The monoisotopic (exact) mass is 575 g/mol.